The molecule has 4 heteroatoms. The number of nitrogens with one attached hydrogen (secondary N) is 1. The third-order valence-electron chi connectivity index (χ3n) is 1.80. The van der Waals surface area contributed by atoms with Crippen LogP contribution >= 0.6 is 0 Å². The molecule has 0 unspecified atom stereocenters. The third kappa shape index (κ3) is 5.46. The maximum Gasteiger partial charge on any atom is 0.111 e. The number of nitrogens with zero attached hydrogens (tertiary/aromatic N) is 2. The molecule has 0 amide bonds. The van der Waals surface area contributed by atoms with Gasteiger partial charge in [-0.25, -0.2) is 4.99 Å². The molecule has 0 spiro atoms. The molecule has 0 heterocycles. The van der Waals surface area contributed by atoms with Crippen molar-refractivity contribution in [1.29, 1.82) is 0 Å². The van der Waals surface area contributed by atoms with Gasteiger partial charge in [-0.15, -0.1) is 0 Å². The van der Waals surface area contributed by atoms with Gasteiger partial charge in [-0.1, -0.05) is 18.2 Å². The molecule has 15 heavy (non-hydrogen) atoms. The lowest BCUT2D eigenvalue weighted by atomic mass is 10.3. The lowest BCUT2D eigenvalue weighted by molar-refractivity contribution is 0.877. The zero-order valence-electron chi connectivity index (χ0n) is 8.63. The van der Waals surface area contributed by atoms with Crippen molar-refractivity contribution in [2.45, 2.75) is 6.42 Å². The van der Waals surface area contributed by atoms with E-state index >= 15 is 0 Å². The van der Waals surface area contributed by atoms with Gasteiger partial charge in [0.2, 0.25) is 0 Å². The largest absolute Gasteiger partial charge is 0.390 e. The minimum Gasteiger partial charge on any atom is -0.390 e. The second-order valence-corrected chi connectivity index (χ2v) is 2.97. The average molecular weight is 204 g/mol. The van der Waals surface area contributed by atoms with E-state index < -0.39 is 0 Å². The van der Waals surface area contributed by atoms with E-state index in [-0.39, 0.29) is 0 Å². The van der Waals surface area contributed by atoms with Gasteiger partial charge >= 0.3 is 0 Å². The molecule has 0 bridgehead atoms. The number of aliphatic imine (C=N–C) groups is 2. The Morgan fingerprint density at radius 1 is 1.27 bits per heavy atom. The first-order chi connectivity index (χ1) is 7.43. The van der Waals surface area contributed by atoms with Gasteiger partial charge in [0.15, 0.2) is 0 Å². The number of hydrogen-bond donors (Lipinski definition) is 2. The molecular weight excluding hydrogens is 188 g/mol. The molecule has 4 nitrogen and oxygen atoms in total. The van der Waals surface area contributed by atoms with Gasteiger partial charge in [0, 0.05) is 18.8 Å². The first-order valence-corrected chi connectivity index (χ1v) is 4.94. The Kier molecular flexibility index (Phi) is 5.66. The van der Waals surface area contributed by atoms with Crippen LogP contribution in [0.1, 0.15) is 6.42 Å². The molecule has 0 aromatic heterocycles. The van der Waals surface area contributed by atoms with Crippen molar-refractivity contribution in [1.82, 2.24) is 0 Å². The van der Waals surface area contributed by atoms with Gasteiger partial charge < -0.3 is 11.1 Å². The molecule has 0 aliphatic heterocycles. The van der Waals surface area contributed by atoms with Crippen LogP contribution in [0, 0.1) is 0 Å². The number of hydrogen-bond acceptors (Lipinski definition) is 2. The Hall–Kier alpha value is -1.84. The Morgan fingerprint density at radius 2 is 2.07 bits per heavy atom. The molecule has 0 atom stereocenters. The van der Waals surface area contributed by atoms with Crippen LogP contribution in [0.4, 0.5) is 5.69 Å². The van der Waals surface area contributed by atoms with Crippen molar-refractivity contribution in [2.75, 3.05) is 18.4 Å². The van der Waals surface area contributed by atoms with Crippen LogP contribution in [0.15, 0.2) is 40.3 Å². The van der Waals surface area contributed by atoms with Gasteiger partial charge in [0.1, 0.15) is 6.34 Å². The number of para-hydroxylation sites is 1. The number of anilines is 1. The predicted octanol–water partition coefficient (Wildman–Crippen LogP) is 1.50. The van der Waals surface area contributed by atoms with Crippen molar-refractivity contribution in [3.8, 4) is 0 Å². The molecule has 1 aromatic rings. The van der Waals surface area contributed by atoms with Crippen LogP contribution in [0.2, 0.25) is 0 Å². The minimum absolute atomic E-state index is 0.761. The van der Waals surface area contributed by atoms with E-state index in [4.69, 9.17) is 5.73 Å². The molecule has 0 saturated carbocycles. The smallest absolute Gasteiger partial charge is 0.111 e. The minimum atomic E-state index is 0.761. The summed E-state index contributed by atoms with van der Waals surface area (Å²) >= 11 is 0. The first-order valence-electron chi connectivity index (χ1n) is 4.94. The standard InChI is InChI=1S/C11H16N4/c12-9-14-10-13-7-4-8-15-11-5-2-1-3-6-11/h1-3,5-6,9-10,15H,4,7-8H2,(H2,12,13,14). The van der Waals surface area contributed by atoms with Crippen LogP contribution in [0.3, 0.4) is 0 Å². The highest BCUT2D eigenvalue weighted by atomic mass is 14.9. The molecule has 0 saturated heterocycles. The summed E-state index contributed by atoms with van der Waals surface area (Å²) in [5, 5.41) is 3.30. The quantitative estimate of drug-likeness (QED) is 0.419. The molecule has 80 valence electrons. The molecule has 3 N–H and O–H groups in total. The maximum absolute atomic E-state index is 5.05. The number of nitrogens with two attached hydrogens (primary N) is 1. The second kappa shape index (κ2) is 7.55. The van der Waals surface area contributed by atoms with E-state index in [2.05, 4.69) is 15.3 Å². The van der Waals surface area contributed by atoms with Gasteiger partial charge in [-0.05, 0) is 18.6 Å². The fourth-order valence-electron chi connectivity index (χ4n) is 1.10. The van der Waals surface area contributed by atoms with Gasteiger partial charge in [0.25, 0.3) is 0 Å². The van der Waals surface area contributed by atoms with E-state index in [0.717, 1.165) is 25.2 Å². The van der Waals surface area contributed by atoms with Crippen molar-refractivity contribution < 1.29 is 0 Å². The fourth-order valence-corrected chi connectivity index (χ4v) is 1.10. The Morgan fingerprint density at radius 3 is 2.80 bits per heavy atom. The topological polar surface area (TPSA) is 62.8 Å². The number of rotatable bonds is 6. The van der Waals surface area contributed by atoms with Crippen LogP contribution in [0.25, 0.3) is 0 Å². The zero-order chi connectivity index (χ0) is 10.8. The maximum atomic E-state index is 5.05. The van der Waals surface area contributed by atoms with E-state index in [9.17, 15) is 0 Å². The van der Waals surface area contributed by atoms with Gasteiger partial charge in [-0.3, -0.25) is 4.99 Å². The molecule has 0 radical (unpaired) electrons. The highest BCUT2D eigenvalue weighted by molar-refractivity contribution is 5.69. The second-order valence-electron chi connectivity index (χ2n) is 2.97. The highest BCUT2D eigenvalue weighted by Gasteiger charge is 1.87. The van der Waals surface area contributed by atoms with Crippen LogP contribution in [-0.2, 0) is 0 Å². The normalized spacial score (nSPS) is 11.2. The summed E-state index contributed by atoms with van der Waals surface area (Å²) in [6.45, 7) is 1.67. The zero-order valence-corrected chi connectivity index (χ0v) is 8.63. The van der Waals surface area contributed by atoms with Crippen molar-refractivity contribution >= 4 is 18.4 Å². The third-order valence-corrected chi connectivity index (χ3v) is 1.80. The molecule has 1 aromatic carbocycles. The molecule has 1 rings (SSSR count). The fraction of sp³-hybridized carbons (Fsp3) is 0.273. The van der Waals surface area contributed by atoms with Gasteiger partial charge in [0.05, 0.1) is 6.34 Å². The van der Waals surface area contributed by atoms with Crippen molar-refractivity contribution in [3.05, 3.63) is 30.3 Å². The lowest BCUT2D eigenvalue weighted by Gasteiger charge is -2.03. The summed E-state index contributed by atoms with van der Waals surface area (Å²) in [6.07, 6.45) is 3.68. The monoisotopic (exact) mass is 204 g/mol. The molecule has 0 fully saturated rings. The molecular formula is C11H16N4. The van der Waals surface area contributed by atoms with E-state index in [1.807, 2.05) is 30.3 Å². The lowest BCUT2D eigenvalue weighted by Crippen LogP contribution is -2.02. The average Bonchev–Trinajstić information content (AvgIpc) is 2.29. The summed E-state index contributed by atoms with van der Waals surface area (Å²) < 4.78 is 0. The summed E-state index contributed by atoms with van der Waals surface area (Å²) in [7, 11) is 0. The summed E-state index contributed by atoms with van der Waals surface area (Å²) in [4.78, 5) is 7.72. The summed E-state index contributed by atoms with van der Waals surface area (Å²) in [6, 6.07) is 10.1. The summed E-state index contributed by atoms with van der Waals surface area (Å²) in [5.41, 5.74) is 6.19. The SMILES string of the molecule is NC=NC=NCCCNc1ccccc1. The summed E-state index contributed by atoms with van der Waals surface area (Å²) in [5.74, 6) is 0. The Bertz CT molecular complexity index is 306. The first kappa shape index (κ1) is 11.2. The predicted molar refractivity (Wildman–Crippen MR) is 65.6 cm³/mol. The van der Waals surface area contributed by atoms with E-state index in [0.29, 0.717) is 0 Å². The van der Waals surface area contributed by atoms with E-state index in [1.54, 1.807) is 0 Å². The Labute approximate surface area is 89.9 Å². The van der Waals surface area contributed by atoms with Crippen molar-refractivity contribution in [2.24, 2.45) is 15.7 Å². The van der Waals surface area contributed by atoms with E-state index in [1.165, 1.54) is 12.7 Å². The Balaban J connectivity index is 2.07. The van der Waals surface area contributed by atoms with Crippen LogP contribution in [-0.4, -0.2) is 25.8 Å². The highest BCUT2D eigenvalue weighted by Crippen LogP contribution is 2.04. The van der Waals surface area contributed by atoms with Crippen LogP contribution < -0.4 is 11.1 Å². The molecule has 0 aliphatic carbocycles. The van der Waals surface area contributed by atoms with Crippen molar-refractivity contribution in [3.63, 3.8) is 0 Å². The number of benzene rings is 1. The van der Waals surface area contributed by atoms with Gasteiger partial charge in [-0.2, -0.15) is 0 Å². The van der Waals surface area contributed by atoms with Crippen LogP contribution in [0.5, 0.6) is 0 Å². The molecule has 0 aliphatic rings.